The first-order valence-electron chi connectivity index (χ1n) is 4.88. The summed E-state index contributed by atoms with van der Waals surface area (Å²) in [6, 6.07) is 0. The standard InChI is InChI=1S/C10H15NO4/c1-7-6-11(5-4-8(7)12)9(13)2-3-10(14)15/h2-3,7-8,12H,4-6H2,1H3,(H,14,15)/b3-2+/t7-,8+/m0/s1. The van der Waals surface area contributed by atoms with Crippen LogP contribution in [0.25, 0.3) is 0 Å². The molecular weight excluding hydrogens is 198 g/mol. The Morgan fingerprint density at radius 2 is 2.07 bits per heavy atom. The van der Waals surface area contributed by atoms with E-state index in [0.717, 1.165) is 12.2 Å². The van der Waals surface area contributed by atoms with E-state index in [0.29, 0.717) is 19.5 Å². The molecule has 0 aromatic rings. The van der Waals surface area contributed by atoms with Gasteiger partial charge in [0.2, 0.25) is 5.91 Å². The summed E-state index contributed by atoms with van der Waals surface area (Å²) in [4.78, 5) is 23.2. The molecule has 0 aromatic carbocycles. The lowest BCUT2D eigenvalue weighted by molar-refractivity contribution is -0.133. The summed E-state index contributed by atoms with van der Waals surface area (Å²) in [5, 5.41) is 17.8. The van der Waals surface area contributed by atoms with E-state index in [4.69, 9.17) is 5.11 Å². The molecule has 0 radical (unpaired) electrons. The minimum absolute atomic E-state index is 0.0425. The van der Waals surface area contributed by atoms with Gasteiger partial charge in [-0.1, -0.05) is 6.92 Å². The van der Waals surface area contributed by atoms with Gasteiger partial charge < -0.3 is 15.1 Å². The zero-order chi connectivity index (χ0) is 11.4. The average molecular weight is 213 g/mol. The molecule has 84 valence electrons. The summed E-state index contributed by atoms with van der Waals surface area (Å²) >= 11 is 0. The van der Waals surface area contributed by atoms with Crippen LogP contribution in [0.4, 0.5) is 0 Å². The lowest BCUT2D eigenvalue weighted by atomic mass is 9.97. The fourth-order valence-electron chi connectivity index (χ4n) is 1.58. The topological polar surface area (TPSA) is 77.8 Å². The molecule has 0 saturated carbocycles. The number of hydrogen-bond donors (Lipinski definition) is 2. The van der Waals surface area contributed by atoms with E-state index >= 15 is 0 Å². The Hall–Kier alpha value is -1.36. The van der Waals surface area contributed by atoms with Crippen molar-refractivity contribution in [2.24, 2.45) is 5.92 Å². The number of carboxylic acid groups (broad SMARTS) is 1. The molecule has 5 heteroatoms. The second-order valence-electron chi connectivity index (χ2n) is 3.79. The van der Waals surface area contributed by atoms with Crippen molar-refractivity contribution in [2.75, 3.05) is 13.1 Å². The number of aliphatic carboxylic acids is 1. The van der Waals surface area contributed by atoms with Crippen LogP contribution in [0.5, 0.6) is 0 Å². The maximum absolute atomic E-state index is 11.4. The molecule has 1 fully saturated rings. The Morgan fingerprint density at radius 3 is 2.60 bits per heavy atom. The van der Waals surface area contributed by atoms with Gasteiger partial charge in [-0.25, -0.2) is 4.79 Å². The zero-order valence-corrected chi connectivity index (χ0v) is 8.59. The highest BCUT2D eigenvalue weighted by Crippen LogP contribution is 2.16. The van der Waals surface area contributed by atoms with E-state index < -0.39 is 5.97 Å². The van der Waals surface area contributed by atoms with Crippen LogP contribution in [0, 0.1) is 5.92 Å². The molecule has 2 atom stereocenters. The van der Waals surface area contributed by atoms with Crippen molar-refractivity contribution in [3.8, 4) is 0 Å². The number of aliphatic hydroxyl groups is 1. The van der Waals surface area contributed by atoms with Crippen LogP contribution in [0.2, 0.25) is 0 Å². The Kier molecular flexibility index (Phi) is 3.85. The van der Waals surface area contributed by atoms with Crippen LogP contribution >= 0.6 is 0 Å². The van der Waals surface area contributed by atoms with Gasteiger partial charge in [0.25, 0.3) is 0 Å². The van der Waals surface area contributed by atoms with E-state index in [1.807, 2.05) is 6.92 Å². The predicted octanol–water partition coefficient (Wildman–Crippen LogP) is -0.144. The fraction of sp³-hybridized carbons (Fsp3) is 0.600. The molecule has 5 nitrogen and oxygen atoms in total. The second kappa shape index (κ2) is 4.93. The van der Waals surface area contributed by atoms with Crippen molar-refractivity contribution in [1.29, 1.82) is 0 Å². The van der Waals surface area contributed by atoms with Gasteiger partial charge >= 0.3 is 5.97 Å². The number of carbonyl (C=O) groups excluding carboxylic acids is 1. The van der Waals surface area contributed by atoms with Crippen LogP contribution < -0.4 is 0 Å². The van der Waals surface area contributed by atoms with E-state index in [2.05, 4.69) is 0 Å². The Labute approximate surface area is 88.0 Å². The first-order chi connectivity index (χ1) is 7.00. The van der Waals surface area contributed by atoms with Crippen molar-refractivity contribution >= 4 is 11.9 Å². The highest BCUT2D eigenvalue weighted by atomic mass is 16.4. The minimum Gasteiger partial charge on any atom is -0.478 e. The minimum atomic E-state index is -1.13. The van der Waals surface area contributed by atoms with Crippen LogP contribution in [0.15, 0.2) is 12.2 Å². The van der Waals surface area contributed by atoms with Gasteiger partial charge in [-0.2, -0.15) is 0 Å². The quantitative estimate of drug-likeness (QED) is 0.626. The molecule has 1 heterocycles. The monoisotopic (exact) mass is 213 g/mol. The van der Waals surface area contributed by atoms with Crippen LogP contribution in [-0.4, -0.2) is 46.2 Å². The number of nitrogens with zero attached hydrogens (tertiary/aromatic N) is 1. The third kappa shape index (κ3) is 3.36. The molecule has 1 amide bonds. The molecule has 0 bridgehead atoms. The smallest absolute Gasteiger partial charge is 0.328 e. The lowest BCUT2D eigenvalue weighted by Gasteiger charge is -2.33. The molecule has 2 N–H and O–H groups in total. The molecule has 1 rings (SSSR count). The van der Waals surface area contributed by atoms with E-state index in [1.165, 1.54) is 0 Å². The van der Waals surface area contributed by atoms with Crippen LogP contribution in [0.1, 0.15) is 13.3 Å². The number of hydrogen-bond acceptors (Lipinski definition) is 3. The molecule has 0 aliphatic carbocycles. The lowest BCUT2D eigenvalue weighted by Crippen LogP contribution is -2.44. The largest absolute Gasteiger partial charge is 0.478 e. The molecular formula is C10H15NO4. The molecule has 1 aliphatic rings. The number of rotatable bonds is 2. The maximum Gasteiger partial charge on any atom is 0.328 e. The Bertz CT molecular complexity index is 287. The van der Waals surface area contributed by atoms with Crippen LogP contribution in [-0.2, 0) is 9.59 Å². The summed E-state index contributed by atoms with van der Waals surface area (Å²) in [7, 11) is 0. The van der Waals surface area contributed by atoms with Gasteiger partial charge in [-0.15, -0.1) is 0 Å². The normalized spacial score (nSPS) is 26.9. The molecule has 0 unspecified atom stereocenters. The summed E-state index contributed by atoms with van der Waals surface area (Å²) in [6.07, 6.45) is 2.07. The number of carboxylic acids is 1. The van der Waals surface area contributed by atoms with Crippen molar-refractivity contribution in [3.63, 3.8) is 0 Å². The number of aliphatic hydroxyl groups excluding tert-OH is 1. The highest BCUT2D eigenvalue weighted by molar-refractivity contribution is 5.93. The zero-order valence-electron chi connectivity index (χ0n) is 8.59. The first kappa shape index (κ1) is 11.7. The average Bonchev–Trinajstić information content (AvgIpc) is 2.18. The third-order valence-electron chi connectivity index (χ3n) is 2.54. The Balaban J connectivity index is 2.51. The summed E-state index contributed by atoms with van der Waals surface area (Å²) in [5.41, 5.74) is 0. The van der Waals surface area contributed by atoms with Gasteiger partial charge in [0.1, 0.15) is 0 Å². The van der Waals surface area contributed by atoms with Crippen molar-refractivity contribution in [2.45, 2.75) is 19.4 Å². The number of piperidine rings is 1. The second-order valence-corrected chi connectivity index (χ2v) is 3.79. The van der Waals surface area contributed by atoms with Crippen molar-refractivity contribution in [1.82, 2.24) is 4.90 Å². The summed E-state index contributed by atoms with van der Waals surface area (Å²) in [5.74, 6) is -1.40. The highest BCUT2D eigenvalue weighted by Gasteiger charge is 2.25. The summed E-state index contributed by atoms with van der Waals surface area (Å²) < 4.78 is 0. The van der Waals surface area contributed by atoms with Gasteiger partial charge in [-0.05, 0) is 12.3 Å². The van der Waals surface area contributed by atoms with E-state index in [1.54, 1.807) is 4.90 Å². The van der Waals surface area contributed by atoms with Crippen molar-refractivity contribution in [3.05, 3.63) is 12.2 Å². The number of carbonyl (C=O) groups is 2. The Morgan fingerprint density at radius 1 is 1.40 bits per heavy atom. The van der Waals surface area contributed by atoms with Gasteiger partial charge in [0.15, 0.2) is 0 Å². The third-order valence-corrected chi connectivity index (χ3v) is 2.54. The number of amides is 1. The van der Waals surface area contributed by atoms with Gasteiger partial charge in [-0.3, -0.25) is 4.79 Å². The van der Waals surface area contributed by atoms with Crippen molar-refractivity contribution < 1.29 is 19.8 Å². The summed E-state index contributed by atoms with van der Waals surface area (Å²) in [6.45, 7) is 2.82. The first-order valence-corrected chi connectivity index (χ1v) is 4.88. The SMILES string of the molecule is C[C@H]1CN(C(=O)/C=C/C(=O)O)CC[C@H]1O. The van der Waals surface area contributed by atoms with Crippen LogP contribution in [0.3, 0.4) is 0 Å². The number of likely N-dealkylation sites (tertiary alicyclic amines) is 1. The van der Waals surface area contributed by atoms with E-state index in [9.17, 15) is 14.7 Å². The van der Waals surface area contributed by atoms with Gasteiger partial charge in [0.05, 0.1) is 6.10 Å². The van der Waals surface area contributed by atoms with Gasteiger partial charge in [0, 0.05) is 25.2 Å². The molecule has 1 aliphatic heterocycles. The molecule has 0 spiro atoms. The maximum atomic E-state index is 11.4. The molecule has 15 heavy (non-hydrogen) atoms. The predicted molar refractivity (Wildman–Crippen MR) is 53.1 cm³/mol. The molecule has 1 saturated heterocycles. The fourth-order valence-corrected chi connectivity index (χ4v) is 1.58. The molecule has 0 aromatic heterocycles. The van der Waals surface area contributed by atoms with E-state index in [-0.39, 0.29) is 17.9 Å².